The van der Waals surface area contributed by atoms with Crippen LogP contribution in [0.2, 0.25) is 0 Å². The number of hydrogen-bond donors (Lipinski definition) is 0. The standard InChI is InChI=1S/C7H5NO.CH4/c1-2-4-7-6(3-1)5-8-9-7;/h1-5H;1H4. The molecular weight excluding hydrogens is 126 g/mol. The van der Waals surface area contributed by atoms with Crippen molar-refractivity contribution in [2.75, 3.05) is 0 Å². The van der Waals surface area contributed by atoms with E-state index in [2.05, 4.69) is 5.16 Å². The van der Waals surface area contributed by atoms with Gasteiger partial charge in [0.1, 0.15) is 0 Å². The van der Waals surface area contributed by atoms with Crippen LogP contribution in [0.1, 0.15) is 7.43 Å². The number of hydrogen-bond acceptors (Lipinski definition) is 2. The summed E-state index contributed by atoms with van der Waals surface area (Å²) < 4.78 is 4.87. The van der Waals surface area contributed by atoms with Gasteiger partial charge in [-0.2, -0.15) is 0 Å². The first-order valence-corrected chi connectivity index (χ1v) is 2.76. The predicted octanol–water partition coefficient (Wildman–Crippen LogP) is 2.46. The van der Waals surface area contributed by atoms with E-state index in [9.17, 15) is 0 Å². The van der Waals surface area contributed by atoms with Crippen LogP contribution in [-0.2, 0) is 0 Å². The predicted molar refractivity (Wildman–Crippen MR) is 40.7 cm³/mol. The second kappa shape index (κ2) is 2.52. The lowest BCUT2D eigenvalue weighted by Crippen LogP contribution is -1.57. The van der Waals surface area contributed by atoms with Gasteiger partial charge in [-0.15, -0.1) is 0 Å². The summed E-state index contributed by atoms with van der Waals surface area (Å²) in [7, 11) is 0. The second-order valence-electron chi connectivity index (χ2n) is 1.86. The molecule has 52 valence electrons. The first kappa shape index (κ1) is 6.81. The molecule has 2 nitrogen and oxygen atoms in total. The molecule has 0 saturated heterocycles. The maximum Gasteiger partial charge on any atom is 0.166 e. The molecule has 2 aromatic rings. The van der Waals surface area contributed by atoms with Crippen molar-refractivity contribution in [1.82, 2.24) is 5.16 Å². The fourth-order valence-corrected chi connectivity index (χ4v) is 0.810. The number of para-hydroxylation sites is 1. The van der Waals surface area contributed by atoms with Crippen LogP contribution in [0.5, 0.6) is 0 Å². The Morgan fingerprint density at radius 3 is 2.80 bits per heavy atom. The van der Waals surface area contributed by atoms with Crippen molar-refractivity contribution in [3.05, 3.63) is 30.5 Å². The maximum atomic E-state index is 4.87. The van der Waals surface area contributed by atoms with E-state index < -0.39 is 0 Å². The molecule has 0 unspecified atom stereocenters. The van der Waals surface area contributed by atoms with E-state index in [1.165, 1.54) is 0 Å². The normalized spacial score (nSPS) is 9.20. The molecule has 0 amide bonds. The lowest BCUT2D eigenvalue weighted by molar-refractivity contribution is 0.456. The molecule has 1 aromatic carbocycles. The smallest absolute Gasteiger partial charge is 0.166 e. The van der Waals surface area contributed by atoms with Gasteiger partial charge in [0.05, 0.1) is 6.20 Å². The lowest BCUT2D eigenvalue weighted by Gasteiger charge is -1.78. The summed E-state index contributed by atoms with van der Waals surface area (Å²) in [6.07, 6.45) is 1.70. The highest BCUT2D eigenvalue weighted by molar-refractivity contribution is 5.75. The van der Waals surface area contributed by atoms with E-state index in [1.54, 1.807) is 6.20 Å². The van der Waals surface area contributed by atoms with Crippen LogP contribution in [0.4, 0.5) is 0 Å². The van der Waals surface area contributed by atoms with Crippen LogP contribution in [0.15, 0.2) is 35.0 Å². The Kier molecular flexibility index (Phi) is 1.71. The molecule has 0 aliphatic heterocycles. The lowest BCUT2D eigenvalue weighted by atomic mass is 10.3. The van der Waals surface area contributed by atoms with Crippen LogP contribution >= 0.6 is 0 Å². The van der Waals surface area contributed by atoms with Gasteiger partial charge in [-0.05, 0) is 12.1 Å². The van der Waals surface area contributed by atoms with E-state index in [0.717, 1.165) is 11.0 Å². The molecular formula is C8H9NO. The van der Waals surface area contributed by atoms with Gasteiger partial charge in [-0.25, -0.2) is 0 Å². The largest absolute Gasteiger partial charge is 0.356 e. The van der Waals surface area contributed by atoms with E-state index >= 15 is 0 Å². The van der Waals surface area contributed by atoms with Crippen LogP contribution in [0, 0.1) is 0 Å². The number of rotatable bonds is 0. The summed E-state index contributed by atoms with van der Waals surface area (Å²) in [6, 6.07) is 7.74. The van der Waals surface area contributed by atoms with Gasteiger partial charge in [0.25, 0.3) is 0 Å². The third kappa shape index (κ3) is 0.880. The number of aromatic nitrogens is 1. The first-order valence-electron chi connectivity index (χ1n) is 2.76. The highest BCUT2D eigenvalue weighted by Gasteiger charge is 1.91. The molecule has 0 aliphatic rings. The van der Waals surface area contributed by atoms with Crippen molar-refractivity contribution in [1.29, 1.82) is 0 Å². The average molecular weight is 135 g/mol. The topological polar surface area (TPSA) is 26.0 Å². The fraction of sp³-hybridized carbons (Fsp3) is 0.125. The highest BCUT2D eigenvalue weighted by Crippen LogP contribution is 2.10. The monoisotopic (exact) mass is 135 g/mol. The summed E-state index contributed by atoms with van der Waals surface area (Å²) >= 11 is 0. The Morgan fingerprint density at radius 2 is 2.00 bits per heavy atom. The minimum atomic E-state index is 0. The molecule has 0 bridgehead atoms. The molecule has 0 N–H and O–H groups in total. The average Bonchev–Trinajstić information content (AvgIpc) is 2.33. The number of nitrogens with zero attached hydrogens (tertiary/aromatic N) is 1. The van der Waals surface area contributed by atoms with Crippen molar-refractivity contribution in [2.45, 2.75) is 7.43 Å². The summed E-state index contributed by atoms with van der Waals surface area (Å²) in [5, 5.41) is 4.68. The Labute approximate surface area is 59.4 Å². The van der Waals surface area contributed by atoms with Gasteiger partial charge in [-0.1, -0.05) is 24.7 Å². The van der Waals surface area contributed by atoms with E-state index in [4.69, 9.17) is 4.52 Å². The Morgan fingerprint density at radius 1 is 1.20 bits per heavy atom. The van der Waals surface area contributed by atoms with Crippen molar-refractivity contribution in [2.24, 2.45) is 0 Å². The van der Waals surface area contributed by atoms with Crippen LogP contribution < -0.4 is 0 Å². The van der Waals surface area contributed by atoms with Gasteiger partial charge in [0.15, 0.2) is 5.58 Å². The van der Waals surface area contributed by atoms with Gasteiger partial charge in [0.2, 0.25) is 0 Å². The summed E-state index contributed by atoms with van der Waals surface area (Å²) in [4.78, 5) is 0. The van der Waals surface area contributed by atoms with Crippen LogP contribution in [0.25, 0.3) is 11.0 Å². The Bertz CT molecular complexity index is 283. The minimum absolute atomic E-state index is 0. The zero-order valence-electron chi connectivity index (χ0n) is 4.74. The SMILES string of the molecule is C.c1ccc2oncc2c1. The summed E-state index contributed by atoms with van der Waals surface area (Å²) in [6.45, 7) is 0. The highest BCUT2D eigenvalue weighted by atomic mass is 16.5. The maximum absolute atomic E-state index is 4.87. The molecule has 0 aliphatic carbocycles. The molecule has 10 heavy (non-hydrogen) atoms. The quantitative estimate of drug-likeness (QED) is 0.554. The molecule has 0 radical (unpaired) electrons. The van der Waals surface area contributed by atoms with Crippen molar-refractivity contribution >= 4 is 11.0 Å². The summed E-state index contributed by atoms with van der Waals surface area (Å²) in [5.41, 5.74) is 0.845. The van der Waals surface area contributed by atoms with Gasteiger partial charge in [-0.3, -0.25) is 0 Å². The zero-order chi connectivity index (χ0) is 6.10. The van der Waals surface area contributed by atoms with Crippen LogP contribution in [0.3, 0.4) is 0 Å². The Balaban J connectivity index is 0.000000500. The molecule has 1 aromatic heterocycles. The number of fused-ring (bicyclic) bond motifs is 1. The summed E-state index contributed by atoms with van der Waals surface area (Å²) in [5.74, 6) is 0. The zero-order valence-corrected chi connectivity index (χ0v) is 4.74. The molecule has 2 heteroatoms. The molecule has 0 atom stereocenters. The van der Waals surface area contributed by atoms with Crippen molar-refractivity contribution in [3.63, 3.8) is 0 Å². The van der Waals surface area contributed by atoms with Crippen molar-refractivity contribution in [3.8, 4) is 0 Å². The number of benzene rings is 1. The minimum Gasteiger partial charge on any atom is -0.356 e. The molecule has 0 saturated carbocycles. The van der Waals surface area contributed by atoms with Crippen LogP contribution in [-0.4, -0.2) is 5.16 Å². The third-order valence-corrected chi connectivity index (χ3v) is 1.26. The van der Waals surface area contributed by atoms with Gasteiger partial charge < -0.3 is 4.52 Å². The molecule has 1 heterocycles. The first-order chi connectivity index (χ1) is 4.47. The van der Waals surface area contributed by atoms with Gasteiger partial charge >= 0.3 is 0 Å². The van der Waals surface area contributed by atoms with E-state index in [-0.39, 0.29) is 7.43 Å². The Hall–Kier alpha value is -1.31. The van der Waals surface area contributed by atoms with Crippen molar-refractivity contribution < 1.29 is 4.52 Å². The molecule has 0 fully saturated rings. The molecule has 2 rings (SSSR count). The second-order valence-corrected chi connectivity index (χ2v) is 1.86. The molecule has 0 spiro atoms. The van der Waals surface area contributed by atoms with E-state index in [1.807, 2.05) is 24.3 Å². The third-order valence-electron chi connectivity index (χ3n) is 1.26. The fourth-order valence-electron chi connectivity index (χ4n) is 0.810. The van der Waals surface area contributed by atoms with E-state index in [0.29, 0.717) is 0 Å². The van der Waals surface area contributed by atoms with Gasteiger partial charge in [0, 0.05) is 5.39 Å².